The highest BCUT2D eigenvalue weighted by atomic mass is 16.3. The molecule has 0 aromatic rings. The quantitative estimate of drug-likeness (QED) is 0.729. The summed E-state index contributed by atoms with van der Waals surface area (Å²) in [6, 6.07) is 0. The van der Waals surface area contributed by atoms with Crippen molar-refractivity contribution in [1.82, 2.24) is 0 Å². The zero-order valence-corrected chi connectivity index (χ0v) is 10.1. The van der Waals surface area contributed by atoms with E-state index in [2.05, 4.69) is 13.5 Å². The molecule has 2 aliphatic carbocycles. The number of allylic oxidation sites excluding steroid dienone is 1. The van der Waals surface area contributed by atoms with Crippen molar-refractivity contribution in [3.63, 3.8) is 0 Å². The Bertz CT molecular complexity index is 297. The number of rotatable bonds is 2. The van der Waals surface area contributed by atoms with Crippen LogP contribution in [0.25, 0.3) is 0 Å². The van der Waals surface area contributed by atoms with Gasteiger partial charge in [-0.15, -0.1) is 6.58 Å². The summed E-state index contributed by atoms with van der Waals surface area (Å²) in [5.74, 6) is 1.04. The van der Waals surface area contributed by atoms with Crippen molar-refractivity contribution in [2.24, 2.45) is 17.3 Å². The Balaban J connectivity index is 2.25. The lowest BCUT2D eigenvalue weighted by Crippen LogP contribution is -2.50. The maximum Gasteiger partial charge on any atom is 0.139 e. The van der Waals surface area contributed by atoms with Crippen LogP contribution in [0.3, 0.4) is 0 Å². The van der Waals surface area contributed by atoms with Crippen LogP contribution in [0.1, 0.15) is 45.4 Å². The fourth-order valence-electron chi connectivity index (χ4n) is 3.75. The first-order valence-electron chi connectivity index (χ1n) is 6.42. The van der Waals surface area contributed by atoms with E-state index in [4.69, 9.17) is 0 Å². The van der Waals surface area contributed by atoms with Gasteiger partial charge in [-0.2, -0.15) is 0 Å². The maximum absolute atomic E-state index is 12.1. The molecule has 0 amide bonds. The zero-order chi connectivity index (χ0) is 11.8. The van der Waals surface area contributed by atoms with Gasteiger partial charge in [0.15, 0.2) is 0 Å². The molecule has 90 valence electrons. The third kappa shape index (κ3) is 1.73. The second-order valence-electron chi connectivity index (χ2n) is 5.63. The summed E-state index contributed by atoms with van der Waals surface area (Å²) in [5.41, 5.74) is -0.162. The van der Waals surface area contributed by atoms with Crippen LogP contribution in [0.4, 0.5) is 0 Å². The predicted molar refractivity (Wildman–Crippen MR) is 64.0 cm³/mol. The fraction of sp³-hybridized carbons (Fsp3) is 0.786. The average Bonchev–Trinajstić information content (AvgIpc) is 2.26. The second-order valence-corrected chi connectivity index (χ2v) is 5.63. The van der Waals surface area contributed by atoms with E-state index in [1.165, 1.54) is 0 Å². The van der Waals surface area contributed by atoms with E-state index >= 15 is 0 Å². The highest BCUT2D eigenvalue weighted by molar-refractivity contribution is 5.85. The molecule has 2 fully saturated rings. The van der Waals surface area contributed by atoms with Crippen LogP contribution in [0.15, 0.2) is 12.7 Å². The monoisotopic (exact) mass is 222 g/mol. The van der Waals surface area contributed by atoms with Crippen LogP contribution in [0.2, 0.25) is 0 Å². The third-order valence-electron chi connectivity index (χ3n) is 4.78. The number of fused-ring (bicyclic) bond motifs is 1. The van der Waals surface area contributed by atoms with Crippen LogP contribution >= 0.6 is 0 Å². The highest BCUT2D eigenvalue weighted by Crippen LogP contribution is 2.51. The Labute approximate surface area is 97.7 Å². The van der Waals surface area contributed by atoms with Gasteiger partial charge in [-0.05, 0) is 43.9 Å². The molecule has 0 bridgehead atoms. The predicted octanol–water partition coefficient (Wildman–Crippen LogP) is 2.71. The molecule has 0 aliphatic heterocycles. The number of Topliss-reactive ketones (excluding diaryl/α,β-unsaturated/α-hetero) is 1. The van der Waals surface area contributed by atoms with Crippen molar-refractivity contribution in [1.29, 1.82) is 0 Å². The van der Waals surface area contributed by atoms with Crippen molar-refractivity contribution in [3.05, 3.63) is 12.7 Å². The van der Waals surface area contributed by atoms with E-state index in [1.807, 2.05) is 6.08 Å². The lowest BCUT2D eigenvalue weighted by atomic mass is 9.55. The minimum atomic E-state index is -0.234. The van der Waals surface area contributed by atoms with Gasteiger partial charge >= 0.3 is 0 Å². The molecule has 0 saturated heterocycles. The summed E-state index contributed by atoms with van der Waals surface area (Å²) in [4.78, 5) is 12.1. The topological polar surface area (TPSA) is 37.3 Å². The van der Waals surface area contributed by atoms with E-state index in [0.29, 0.717) is 11.7 Å². The summed E-state index contributed by atoms with van der Waals surface area (Å²) < 4.78 is 0. The van der Waals surface area contributed by atoms with Crippen LogP contribution in [0.5, 0.6) is 0 Å². The lowest BCUT2D eigenvalue weighted by Gasteiger charge is -2.49. The van der Waals surface area contributed by atoms with Gasteiger partial charge in [-0.3, -0.25) is 4.79 Å². The molecular weight excluding hydrogens is 200 g/mol. The van der Waals surface area contributed by atoms with Crippen molar-refractivity contribution >= 4 is 5.78 Å². The van der Waals surface area contributed by atoms with Gasteiger partial charge in [0.05, 0.1) is 6.10 Å². The van der Waals surface area contributed by atoms with Gasteiger partial charge in [0.2, 0.25) is 0 Å². The van der Waals surface area contributed by atoms with Crippen LogP contribution in [0, 0.1) is 17.3 Å². The molecule has 2 saturated carbocycles. The number of hydrogen-bond acceptors (Lipinski definition) is 2. The molecule has 1 N–H and O–H groups in total. The van der Waals surface area contributed by atoms with Crippen LogP contribution in [-0.2, 0) is 4.79 Å². The molecular formula is C14H22O2. The van der Waals surface area contributed by atoms with E-state index in [-0.39, 0.29) is 17.4 Å². The lowest BCUT2D eigenvalue weighted by molar-refractivity contribution is -0.144. The summed E-state index contributed by atoms with van der Waals surface area (Å²) in [7, 11) is 0. The minimum Gasteiger partial charge on any atom is -0.393 e. The third-order valence-corrected chi connectivity index (χ3v) is 4.78. The van der Waals surface area contributed by atoms with E-state index in [9.17, 15) is 9.90 Å². The first kappa shape index (κ1) is 11.8. The normalized spacial score (nSPS) is 43.9. The summed E-state index contributed by atoms with van der Waals surface area (Å²) >= 11 is 0. The van der Waals surface area contributed by atoms with Gasteiger partial charge in [-0.1, -0.05) is 13.0 Å². The van der Waals surface area contributed by atoms with Crippen LogP contribution in [-0.4, -0.2) is 17.0 Å². The van der Waals surface area contributed by atoms with Gasteiger partial charge in [0, 0.05) is 11.8 Å². The van der Waals surface area contributed by atoms with E-state index in [1.54, 1.807) is 0 Å². The molecule has 0 unspecified atom stereocenters. The number of hydrogen-bond donors (Lipinski definition) is 1. The van der Waals surface area contributed by atoms with Gasteiger partial charge in [0.25, 0.3) is 0 Å². The first-order valence-corrected chi connectivity index (χ1v) is 6.42. The molecule has 0 aromatic carbocycles. The molecule has 2 aliphatic rings. The zero-order valence-electron chi connectivity index (χ0n) is 10.1. The van der Waals surface area contributed by atoms with E-state index in [0.717, 1.165) is 38.5 Å². The average molecular weight is 222 g/mol. The van der Waals surface area contributed by atoms with Gasteiger partial charge in [0.1, 0.15) is 5.78 Å². The molecule has 2 rings (SSSR count). The van der Waals surface area contributed by atoms with Gasteiger partial charge < -0.3 is 5.11 Å². The SMILES string of the molecule is C=CC[C@@H]1[C@H]2CCCC(=O)[C@]2(C)CC[C@@H]1O. The maximum atomic E-state index is 12.1. The van der Waals surface area contributed by atoms with Crippen molar-refractivity contribution < 1.29 is 9.90 Å². The summed E-state index contributed by atoms with van der Waals surface area (Å²) in [6.45, 7) is 5.88. The Morgan fingerprint density at radius 2 is 2.31 bits per heavy atom. The first-order chi connectivity index (χ1) is 7.59. The number of carbonyl (C=O) groups is 1. The van der Waals surface area contributed by atoms with Crippen LogP contribution < -0.4 is 0 Å². The standard InChI is InChI=1S/C14H22O2/c1-3-5-10-11-6-4-7-13(16)14(11,2)9-8-12(10)15/h3,10-12,15H,1,4-9H2,2H3/t10-,11-,12+,14-/m1/s1. The molecule has 0 aromatic heterocycles. The Morgan fingerprint density at radius 1 is 1.56 bits per heavy atom. The molecule has 2 nitrogen and oxygen atoms in total. The number of ketones is 1. The van der Waals surface area contributed by atoms with Crippen molar-refractivity contribution in [3.8, 4) is 0 Å². The smallest absolute Gasteiger partial charge is 0.139 e. The summed E-state index contributed by atoms with van der Waals surface area (Å²) in [5, 5.41) is 10.1. The molecule has 2 heteroatoms. The Morgan fingerprint density at radius 3 is 3.00 bits per heavy atom. The summed E-state index contributed by atoms with van der Waals surface area (Å²) in [6.07, 6.45) is 6.97. The Kier molecular flexibility index (Phi) is 3.20. The number of carbonyl (C=O) groups excluding carboxylic acids is 1. The highest BCUT2D eigenvalue weighted by Gasteiger charge is 2.50. The van der Waals surface area contributed by atoms with Gasteiger partial charge in [-0.25, -0.2) is 0 Å². The minimum absolute atomic E-state index is 0.162. The Hall–Kier alpha value is -0.630. The number of aliphatic hydroxyl groups is 1. The molecule has 16 heavy (non-hydrogen) atoms. The van der Waals surface area contributed by atoms with Crippen molar-refractivity contribution in [2.75, 3.05) is 0 Å². The van der Waals surface area contributed by atoms with Crippen molar-refractivity contribution in [2.45, 2.75) is 51.6 Å². The molecule has 0 radical (unpaired) electrons. The molecule has 0 heterocycles. The molecule has 4 atom stereocenters. The van der Waals surface area contributed by atoms with E-state index < -0.39 is 0 Å². The largest absolute Gasteiger partial charge is 0.393 e. The fourth-order valence-corrected chi connectivity index (χ4v) is 3.75. The second kappa shape index (κ2) is 4.33. The molecule has 0 spiro atoms. The number of aliphatic hydroxyl groups excluding tert-OH is 1.